The molecule has 0 amide bonds. The van der Waals surface area contributed by atoms with Crippen LogP contribution in [0.25, 0.3) is 0 Å². The summed E-state index contributed by atoms with van der Waals surface area (Å²) in [7, 11) is -2.18. The zero-order valence-electron chi connectivity index (χ0n) is 10.9. The Morgan fingerprint density at radius 2 is 1.90 bits per heavy atom. The number of hydrogen-bond acceptors (Lipinski definition) is 4. The van der Waals surface area contributed by atoms with Gasteiger partial charge in [0.05, 0.1) is 24.3 Å². The van der Waals surface area contributed by atoms with Crippen molar-refractivity contribution < 1.29 is 18.3 Å². The van der Waals surface area contributed by atoms with E-state index in [0.717, 1.165) is 0 Å². The lowest BCUT2D eigenvalue weighted by atomic mass is 10.2. The Hall–Kier alpha value is -2.05. The lowest BCUT2D eigenvalue weighted by Gasteiger charge is -2.10. The fourth-order valence-corrected chi connectivity index (χ4v) is 2.83. The van der Waals surface area contributed by atoms with Crippen molar-refractivity contribution >= 4 is 15.7 Å². The maximum absolute atomic E-state index is 12.2. The molecular formula is C14H15NO4S. The van der Waals surface area contributed by atoms with Gasteiger partial charge in [0.15, 0.2) is 0 Å². The number of rotatable bonds is 5. The van der Waals surface area contributed by atoms with E-state index in [1.54, 1.807) is 36.4 Å². The van der Waals surface area contributed by atoms with E-state index >= 15 is 0 Å². The Kier molecular flexibility index (Phi) is 4.26. The monoisotopic (exact) mass is 293 g/mol. The molecule has 6 heteroatoms. The number of benzene rings is 2. The lowest BCUT2D eigenvalue weighted by molar-refractivity contribution is 0.281. The first kappa shape index (κ1) is 14.4. The molecule has 0 spiro atoms. The van der Waals surface area contributed by atoms with E-state index in [-0.39, 0.29) is 11.5 Å². The van der Waals surface area contributed by atoms with Crippen LogP contribution < -0.4 is 9.46 Å². The maximum Gasteiger partial charge on any atom is 0.261 e. The van der Waals surface area contributed by atoms with Crippen molar-refractivity contribution in [1.29, 1.82) is 0 Å². The zero-order valence-corrected chi connectivity index (χ0v) is 11.7. The highest BCUT2D eigenvalue weighted by Gasteiger charge is 2.14. The molecule has 0 saturated carbocycles. The van der Waals surface area contributed by atoms with Gasteiger partial charge in [-0.25, -0.2) is 8.42 Å². The number of ether oxygens (including phenoxy) is 1. The first-order valence-corrected chi connectivity index (χ1v) is 7.40. The lowest BCUT2D eigenvalue weighted by Crippen LogP contribution is -2.13. The van der Waals surface area contributed by atoms with Crippen LogP contribution in [-0.2, 0) is 16.6 Å². The molecule has 0 radical (unpaired) electrons. The van der Waals surface area contributed by atoms with E-state index in [9.17, 15) is 8.42 Å². The van der Waals surface area contributed by atoms with Gasteiger partial charge < -0.3 is 9.84 Å². The molecule has 2 rings (SSSR count). The zero-order chi connectivity index (χ0) is 14.6. The van der Waals surface area contributed by atoms with E-state index in [0.29, 0.717) is 17.0 Å². The predicted octanol–water partition coefficient (Wildman–Crippen LogP) is 1.99. The summed E-state index contributed by atoms with van der Waals surface area (Å²) in [5, 5.41) is 9.05. The Labute approximate surface area is 117 Å². The minimum Gasteiger partial charge on any atom is -0.497 e. The molecule has 0 fully saturated rings. The van der Waals surface area contributed by atoms with E-state index in [1.807, 2.05) is 0 Å². The summed E-state index contributed by atoms with van der Waals surface area (Å²) >= 11 is 0. The summed E-state index contributed by atoms with van der Waals surface area (Å²) in [6, 6.07) is 12.8. The number of aliphatic hydroxyl groups excluding tert-OH is 1. The van der Waals surface area contributed by atoms with Crippen LogP contribution in [0.1, 0.15) is 5.56 Å². The summed E-state index contributed by atoms with van der Waals surface area (Å²) in [6.07, 6.45) is 0. The van der Waals surface area contributed by atoms with Gasteiger partial charge in [-0.2, -0.15) is 0 Å². The first-order chi connectivity index (χ1) is 9.55. The van der Waals surface area contributed by atoms with Crippen molar-refractivity contribution in [3.05, 3.63) is 54.1 Å². The molecule has 2 aromatic rings. The average Bonchev–Trinajstić information content (AvgIpc) is 2.47. The molecule has 5 nitrogen and oxygen atoms in total. The van der Waals surface area contributed by atoms with Gasteiger partial charge in [0.25, 0.3) is 10.0 Å². The summed E-state index contributed by atoms with van der Waals surface area (Å²) < 4.78 is 32.0. The molecule has 20 heavy (non-hydrogen) atoms. The third-order valence-corrected chi connectivity index (χ3v) is 4.09. The fraction of sp³-hybridized carbons (Fsp3) is 0.143. The SMILES string of the molecule is COc1cccc(NS(=O)(=O)c2cccc(CO)c2)c1. The summed E-state index contributed by atoms with van der Waals surface area (Å²) in [5.74, 6) is 0.564. The summed E-state index contributed by atoms with van der Waals surface area (Å²) in [6.45, 7) is -0.206. The Morgan fingerprint density at radius 3 is 2.60 bits per heavy atom. The molecule has 0 bridgehead atoms. The molecule has 0 atom stereocenters. The molecular weight excluding hydrogens is 278 g/mol. The summed E-state index contributed by atoms with van der Waals surface area (Å²) in [5.41, 5.74) is 0.956. The van der Waals surface area contributed by atoms with Crippen LogP contribution >= 0.6 is 0 Å². The molecule has 0 heterocycles. The van der Waals surface area contributed by atoms with Gasteiger partial charge in [-0.3, -0.25) is 4.72 Å². The Balaban J connectivity index is 2.30. The first-order valence-electron chi connectivity index (χ1n) is 5.92. The summed E-state index contributed by atoms with van der Waals surface area (Å²) in [4.78, 5) is 0.104. The fourth-order valence-electron chi connectivity index (χ4n) is 1.71. The largest absolute Gasteiger partial charge is 0.497 e. The van der Waals surface area contributed by atoms with Gasteiger partial charge in [0, 0.05) is 6.07 Å². The molecule has 0 saturated heterocycles. The second-order valence-electron chi connectivity index (χ2n) is 4.14. The number of anilines is 1. The van der Waals surface area contributed by atoms with Crippen molar-refractivity contribution in [3.8, 4) is 5.75 Å². The van der Waals surface area contributed by atoms with Crippen molar-refractivity contribution in [2.24, 2.45) is 0 Å². The number of methoxy groups -OCH3 is 1. The second-order valence-corrected chi connectivity index (χ2v) is 5.83. The normalized spacial score (nSPS) is 11.1. The van der Waals surface area contributed by atoms with Crippen LogP contribution in [0.5, 0.6) is 5.75 Å². The topological polar surface area (TPSA) is 75.6 Å². The van der Waals surface area contributed by atoms with Crippen LogP contribution in [0.3, 0.4) is 0 Å². The Bertz CT molecular complexity index is 698. The smallest absolute Gasteiger partial charge is 0.261 e. The minimum absolute atomic E-state index is 0.104. The van der Waals surface area contributed by atoms with Gasteiger partial charge in [-0.15, -0.1) is 0 Å². The van der Waals surface area contributed by atoms with E-state index in [4.69, 9.17) is 9.84 Å². The third kappa shape index (κ3) is 3.28. The molecule has 0 unspecified atom stereocenters. The quantitative estimate of drug-likeness (QED) is 0.884. The number of sulfonamides is 1. The van der Waals surface area contributed by atoms with Crippen molar-refractivity contribution in [3.63, 3.8) is 0 Å². The molecule has 0 aromatic heterocycles. The van der Waals surface area contributed by atoms with Gasteiger partial charge >= 0.3 is 0 Å². The van der Waals surface area contributed by atoms with Gasteiger partial charge in [-0.1, -0.05) is 18.2 Å². The maximum atomic E-state index is 12.2. The predicted molar refractivity (Wildman–Crippen MR) is 76.2 cm³/mol. The van der Waals surface area contributed by atoms with Gasteiger partial charge in [-0.05, 0) is 29.8 Å². The minimum atomic E-state index is -3.69. The van der Waals surface area contributed by atoms with E-state index in [1.165, 1.54) is 19.2 Å². The highest BCUT2D eigenvalue weighted by atomic mass is 32.2. The average molecular weight is 293 g/mol. The van der Waals surface area contributed by atoms with Crippen LogP contribution in [0.15, 0.2) is 53.4 Å². The van der Waals surface area contributed by atoms with E-state index in [2.05, 4.69) is 4.72 Å². The van der Waals surface area contributed by atoms with Crippen molar-refractivity contribution in [2.75, 3.05) is 11.8 Å². The highest BCUT2D eigenvalue weighted by molar-refractivity contribution is 7.92. The molecule has 2 aromatic carbocycles. The number of nitrogens with one attached hydrogen (secondary N) is 1. The molecule has 0 aliphatic carbocycles. The van der Waals surface area contributed by atoms with E-state index < -0.39 is 10.0 Å². The van der Waals surface area contributed by atoms with Crippen LogP contribution in [-0.4, -0.2) is 20.6 Å². The van der Waals surface area contributed by atoms with Gasteiger partial charge in [0.2, 0.25) is 0 Å². The van der Waals surface area contributed by atoms with Crippen molar-refractivity contribution in [1.82, 2.24) is 0 Å². The van der Waals surface area contributed by atoms with Gasteiger partial charge in [0.1, 0.15) is 5.75 Å². The van der Waals surface area contributed by atoms with Crippen molar-refractivity contribution in [2.45, 2.75) is 11.5 Å². The van der Waals surface area contributed by atoms with Crippen LogP contribution in [0.4, 0.5) is 5.69 Å². The highest BCUT2D eigenvalue weighted by Crippen LogP contribution is 2.21. The molecule has 2 N–H and O–H groups in total. The third-order valence-electron chi connectivity index (χ3n) is 2.71. The number of aliphatic hydroxyl groups is 1. The Morgan fingerprint density at radius 1 is 1.15 bits per heavy atom. The molecule has 0 aliphatic rings. The van der Waals surface area contributed by atoms with Crippen LogP contribution in [0.2, 0.25) is 0 Å². The van der Waals surface area contributed by atoms with Crippen LogP contribution in [0, 0.1) is 0 Å². The number of hydrogen-bond donors (Lipinski definition) is 2. The standard InChI is InChI=1S/C14H15NO4S/c1-19-13-6-3-5-12(9-13)15-20(17,18)14-7-2-4-11(8-14)10-16/h2-9,15-16H,10H2,1H3. The molecule has 0 aliphatic heterocycles. The molecule has 106 valence electrons. The second kappa shape index (κ2) is 5.94.